The summed E-state index contributed by atoms with van der Waals surface area (Å²) in [7, 11) is 1.94. The monoisotopic (exact) mass is 191 g/mol. The molecule has 2 heteroatoms. The van der Waals surface area contributed by atoms with Crippen molar-refractivity contribution in [3.63, 3.8) is 0 Å². The smallest absolute Gasteiger partial charge is 0.119 e. The van der Waals surface area contributed by atoms with Gasteiger partial charge in [0.15, 0.2) is 0 Å². The Hall–Kier alpha value is -1.28. The van der Waals surface area contributed by atoms with Crippen LogP contribution >= 0.6 is 0 Å². The Morgan fingerprint density at radius 2 is 2.00 bits per heavy atom. The Morgan fingerprint density at radius 1 is 1.36 bits per heavy atom. The normalized spacial score (nSPS) is 9.86. The average molecular weight is 191 g/mol. The van der Waals surface area contributed by atoms with E-state index in [2.05, 4.69) is 24.0 Å². The van der Waals surface area contributed by atoms with Crippen LogP contribution in [0, 0.1) is 0 Å². The van der Waals surface area contributed by atoms with E-state index in [0.717, 1.165) is 17.9 Å². The molecule has 0 bridgehead atoms. The van der Waals surface area contributed by atoms with E-state index in [4.69, 9.17) is 4.74 Å². The largest absolute Gasteiger partial charge is 0.489 e. The van der Waals surface area contributed by atoms with Crippen molar-refractivity contribution >= 4 is 0 Å². The van der Waals surface area contributed by atoms with Crippen molar-refractivity contribution in [1.82, 2.24) is 5.32 Å². The van der Waals surface area contributed by atoms with Crippen LogP contribution in [0.5, 0.6) is 5.75 Å². The van der Waals surface area contributed by atoms with E-state index >= 15 is 0 Å². The zero-order valence-corrected chi connectivity index (χ0v) is 8.84. The third-order valence-electron chi connectivity index (χ3n) is 1.79. The topological polar surface area (TPSA) is 21.3 Å². The lowest BCUT2D eigenvalue weighted by Crippen LogP contribution is -2.04. The van der Waals surface area contributed by atoms with Crippen molar-refractivity contribution in [2.24, 2.45) is 0 Å². The quantitative estimate of drug-likeness (QED) is 0.721. The lowest BCUT2D eigenvalue weighted by atomic mass is 10.2. The average Bonchev–Trinajstić information content (AvgIpc) is 2.17. The molecular formula is C12H17NO. The SMILES string of the molecule is C=C(C)COc1ccc(CNC)cc1. The van der Waals surface area contributed by atoms with Crippen LogP contribution in [0.1, 0.15) is 12.5 Å². The van der Waals surface area contributed by atoms with Crippen molar-refractivity contribution in [2.75, 3.05) is 13.7 Å². The summed E-state index contributed by atoms with van der Waals surface area (Å²) in [6.45, 7) is 7.21. The molecule has 0 atom stereocenters. The minimum absolute atomic E-state index is 0.589. The Morgan fingerprint density at radius 3 is 2.50 bits per heavy atom. The molecule has 0 saturated heterocycles. The highest BCUT2D eigenvalue weighted by atomic mass is 16.5. The summed E-state index contributed by atoms with van der Waals surface area (Å²) in [4.78, 5) is 0. The lowest BCUT2D eigenvalue weighted by molar-refractivity contribution is 0.352. The maximum Gasteiger partial charge on any atom is 0.119 e. The number of ether oxygens (including phenoxy) is 1. The fraction of sp³-hybridized carbons (Fsp3) is 0.333. The molecule has 0 heterocycles. The van der Waals surface area contributed by atoms with Crippen molar-refractivity contribution in [1.29, 1.82) is 0 Å². The zero-order chi connectivity index (χ0) is 10.4. The van der Waals surface area contributed by atoms with Gasteiger partial charge in [-0.2, -0.15) is 0 Å². The molecule has 2 nitrogen and oxygen atoms in total. The highest BCUT2D eigenvalue weighted by molar-refractivity contribution is 5.27. The Labute approximate surface area is 85.6 Å². The molecule has 0 fully saturated rings. The van der Waals surface area contributed by atoms with Gasteiger partial charge in [0.05, 0.1) is 0 Å². The molecular weight excluding hydrogens is 174 g/mol. The van der Waals surface area contributed by atoms with Gasteiger partial charge in [-0.3, -0.25) is 0 Å². The van der Waals surface area contributed by atoms with Crippen LogP contribution in [-0.2, 0) is 6.54 Å². The van der Waals surface area contributed by atoms with Gasteiger partial charge < -0.3 is 10.1 Å². The predicted molar refractivity (Wildman–Crippen MR) is 59.5 cm³/mol. The van der Waals surface area contributed by atoms with E-state index in [1.54, 1.807) is 0 Å². The Balaban J connectivity index is 2.50. The summed E-state index contributed by atoms with van der Waals surface area (Å²) in [5.74, 6) is 0.896. The molecule has 0 amide bonds. The van der Waals surface area contributed by atoms with E-state index in [0.29, 0.717) is 6.61 Å². The van der Waals surface area contributed by atoms with E-state index in [-0.39, 0.29) is 0 Å². The number of benzene rings is 1. The molecule has 0 aromatic heterocycles. The molecule has 0 saturated carbocycles. The number of rotatable bonds is 5. The predicted octanol–water partition coefficient (Wildman–Crippen LogP) is 2.36. The minimum atomic E-state index is 0.589. The first-order chi connectivity index (χ1) is 6.72. The van der Waals surface area contributed by atoms with Crippen LogP contribution in [0.15, 0.2) is 36.4 Å². The highest BCUT2D eigenvalue weighted by Gasteiger charge is 1.94. The molecule has 1 aromatic carbocycles. The first-order valence-electron chi connectivity index (χ1n) is 4.73. The maximum absolute atomic E-state index is 5.48. The van der Waals surface area contributed by atoms with Crippen molar-refractivity contribution < 1.29 is 4.74 Å². The molecule has 14 heavy (non-hydrogen) atoms. The van der Waals surface area contributed by atoms with Gasteiger partial charge in [0.2, 0.25) is 0 Å². The van der Waals surface area contributed by atoms with Crippen molar-refractivity contribution in [3.05, 3.63) is 42.0 Å². The molecule has 0 unspecified atom stereocenters. The van der Waals surface area contributed by atoms with Crippen LogP contribution in [0.2, 0.25) is 0 Å². The van der Waals surface area contributed by atoms with Gasteiger partial charge in [-0.1, -0.05) is 18.7 Å². The van der Waals surface area contributed by atoms with Gasteiger partial charge in [-0.25, -0.2) is 0 Å². The molecule has 1 N–H and O–H groups in total. The summed E-state index contributed by atoms with van der Waals surface area (Å²) < 4.78 is 5.48. The molecule has 0 radical (unpaired) electrons. The third kappa shape index (κ3) is 3.62. The molecule has 0 aliphatic carbocycles. The van der Waals surface area contributed by atoms with Crippen LogP contribution in [-0.4, -0.2) is 13.7 Å². The maximum atomic E-state index is 5.48. The number of nitrogens with one attached hydrogen (secondary N) is 1. The van der Waals surface area contributed by atoms with Gasteiger partial charge in [0.1, 0.15) is 12.4 Å². The number of hydrogen-bond acceptors (Lipinski definition) is 2. The summed E-state index contributed by atoms with van der Waals surface area (Å²) in [5, 5.41) is 3.10. The van der Waals surface area contributed by atoms with E-state index < -0.39 is 0 Å². The molecule has 76 valence electrons. The molecule has 0 aliphatic rings. The fourth-order valence-electron chi connectivity index (χ4n) is 1.11. The second-order valence-corrected chi connectivity index (χ2v) is 3.42. The van der Waals surface area contributed by atoms with Crippen LogP contribution in [0.3, 0.4) is 0 Å². The molecule has 0 aliphatic heterocycles. The number of hydrogen-bond donors (Lipinski definition) is 1. The van der Waals surface area contributed by atoms with E-state index in [9.17, 15) is 0 Å². The lowest BCUT2D eigenvalue weighted by Gasteiger charge is -2.06. The molecule has 0 spiro atoms. The second kappa shape index (κ2) is 5.45. The van der Waals surface area contributed by atoms with Gasteiger partial charge in [0, 0.05) is 6.54 Å². The summed E-state index contributed by atoms with van der Waals surface area (Å²) >= 11 is 0. The summed E-state index contributed by atoms with van der Waals surface area (Å²) in [6.07, 6.45) is 0. The standard InChI is InChI=1S/C12H17NO/c1-10(2)9-14-12-6-4-11(5-7-12)8-13-3/h4-7,13H,1,8-9H2,2-3H3. The first-order valence-corrected chi connectivity index (χ1v) is 4.73. The van der Waals surface area contributed by atoms with E-state index in [1.807, 2.05) is 26.1 Å². The minimum Gasteiger partial charge on any atom is -0.489 e. The Bertz CT molecular complexity index is 290. The first kappa shape index (κ1) is 10.8. The highest BCUT2D eigenvalue weighted by Crippen LogP contribution is 2.12. The van der Waals surface area contributed by atoms with Gasteiger partial charge in [0.25, 0.3) is 0 Å². The van der Waals surface area contributed by atoms with E-state index in [1.165, 1.54) is 5.56 Å². The summed E-state index contributed by atoms with van der Waals surface area (Å²) in [6, 6.07) is 8.08. The molecule has 1 aromatic rings. The van der Waals surface area contributed by atoms with Crippen molar-refractivity contribution in [2.45, 2.75) is 13.5 Å². The zero-order valence-electron chi connectivity index (χ0n) is 8.84. The van der Waals surface area contributed by atoms with Crippen LogP contribution in [0.25, 0.3) is 0 Å². The van der Waals surface area contributed by atoms with Gasteiger partial charge >= 0.3 is 0 Å². The second-order valence-electron chi connectivity index (χ2n) is 3.42. The summed E-state index contributed by atoms with van der Waals surface area (Å²) in [5.41, 5.74) is 2.29. The third-order valence-corrected chi connectivity index (χ3v) is 1.79. The Kier molecular flexibility index (Phi) is 4.20. The fourth-order valence-corrected chi connectivity index (χ4v) is 1.11. The van der Waals surface area contributed by atoms with Crippen LogP contribution in [0.4, 0.5) is 0 Å². The van der Waals surface area contributed by atoms with Crippen molar-refractivity contribution in [3.8, 4) is 5.75 Å². The van der Waals surface area contributed by atoms with Gasteiger partial charge in [-0.15, -0.1) is 0 Å². The molecule has 1 rings (SSSR count). The van der Waals surface area contributed by atoms with Gasteiger partial charge in [-0.05, 0) is 37.2 Å². The van der Waals surface area contributed by atoms with Crippen LogP contribution < -0.4 is 10.1 Å².